The molecule has 0 amide bonds. The van der Waals surface area contributed by atoms with E-state index < -0.39 is 0 Å². The third kappa shape index (κ3) is 0.871. The quantitative estimate of drug-likeness (QED) is 0.723. The van der Waals surface area contributed by atoms with Crippen LogP contribution in [0, 0.1) is 11.7 Å². The van der Waals surface area contributed by atoms with E-state index in [0.717, 1.165) is 5.92 Å². The van der Waals surface area contributed by atoms with E-state index in [9.17, 15) is 4.39 Å². The highest BCUT2D eigenvalue weighted by Crippen LogP contribution is 2.58. The SMILES string of the molecule is NC1C2CCC1(c1ccc(F)cc1)C2. The molecule has 0 saturated heterocycles. The molecule has 2 N–H and O–H groups in total. The number of benzene rings is 1. The molecule has 0 heterocycles. The molecular weight excluding hydrogens is 177 g/mol. The molecule has 3 unspecified atom stereocenters. The predicted octanol–water partition coefficient (Wildman–Crippen LogP) is 2.20. The monoisotopic (exact) mass is 191 g/mol. The van der Waals surface area contributed by atoms with Crippen LogP contribution in [0.5, 0.6) is 0 Å². The van der Waals surface area contributed by atoms with E-state index >= 15 is 0 Å². The van der Waals surface area contributed by atoms with Gasteiger partial charge in [-0.05, 0) is 42.9 Å². The minimum Gasteiger partial charge on any atom is -0.327 e. The van der Waals surface area contributed by atoms with Gasteiger partial charge in [-0.1, -0.05) is 12.1 Å². The predicted molar refractivity (Wildman–Crippen MR) is 53.4 cm³/mol. The summed E-state index contributed by atoms with van der Waals surface area (Å²) in [6, 6.07) is 7.20. The van der Waals surface area contributed by atoms with Crippen LogP contribution in [-0.2, 0) is 5.41 Å². The van der Waals surface area contributed by atoms with Gasteiger partial charge in [-0.15, -0.1) is 0 Å². The van der Waals surface area contributed by atoms with Crippen LogP contribution in [0.4, 0.5) is 4.39 Å². The molecule has 3 atom stereocenters. The second kappa shape index (κ2) is 2.57. The Labute approximate surface area is 83.1 Å². The Morgan fingerprint density at radius 2 is 2.00 bits per heavy atom. The Morgan fingerprint density at radius 1 is 1.29 bits per heavy atom. The summed E-state index contributed by atoms with van der Waals surface area (Å²) in [5.41, 5.74) is 7.57. The average molecular weight is 191 g/mol. The van der Waals surface area contributed by atoms with Crippen LogP contribution in [0.15, 0.2) is 24.3 Å². The van der Waals surface area contributed by atoms with Gasteiger partial charge in [0.05, 0.1) is 0 Å². The van der Waals surface area contributed by atoms with Crippen LogP contribution >= 0.6 is 0 Å². The van der Waals surface area contributed by atoms with Gasteiger partial charge in [-0.25, -0.2) is 4.39 Å². The van der Waals surface area contributed by atoms with E-state index in [1.807, 2.05) is 12.1 Å². The Balaban J connectivity index is 1.99. The lowest BCUT2D eigenvalue weighted by Gasteiger charge is -2.46. The second-order valence-electron chi connectivity index (χ2n) is 4.69. The zero-order valence-electron chi connectivity index (χ0n) is 8.04. The van der Waals surface area contributed by atoms with Crippen molar-refractivity contribution in [1.82, 2.24) is 0 Å². The van der Waals surface area contributed by atoms with E-state index in [1.165, 1.54) is 24.8 Å². The van der Waals surface area contributed by atoms with Gasteiger partial charge in [0.1, 0.15) is 5.82 Å². The standard InChI is InChI=1S/C12H14FN/c13-10-3-1-9(2-4-10)12-6-5-8(7-12)11(12)14/h1-4,8,11H,5-7,14H2. The van der Waals surface area contributed by atoms with Crippen LogP contribution in [0.1, 0.15) is 24.8 Å². The van der Waals surface area contributed by atoms with Crippen LogP contribution in [0.2, 0.25) is 0 Å². The molecule has 2 bridgehead atoms. The lowest BCUT2D eigenvalue weighted by molar-refractivity contribution is 0.188. The fraction of sp³-hybridized carbons (Fsp3) is 0.500. The molecule has 3 aliphatic carbocycles. The Kier molecular flexibility index (Phi) is 1.55. The first-order valence-electron chi connectivity index (χ1n) is 5.24. The van der Waals surface area contributed by atoms with Crippen molar-refractivity contribution >= 4 is 0 Å². The van der Waals surface area contributed by atoms with E-state index in [0.29, 0.717) is 6.04 Å². The van der Waals surface area contributed by atoms with Crippen molar-refractivity contribution in [3.63, 3.8) is 0 Å². The first kappa shape index (κ1) is 8.42. The third-order valence-corrected chi connectivity index (χ3v) is 4.15. The lowest BCUT2D eigenvalue weighted by atomic mass is 9.62. The van der Waals surface area contributed by atoms with Crippen molar-refractivity contribution in [3.8, 4) is 0 Å². The highest BCUT2D eigenvalue weighted by molar-refractivity contribution is 5.35. The van der Waals surface area contributed by atoms with E-state index in [-0.39, 0.29) is 11.2 Å². The molecular formula is C12H14FN. The average Bonchev–Trinajstić information content (AvgIpc) is 2.76. The molecule has 14 heavy (non-hydrogen) atoms. The largest absolute Gasteiger partial charge is 0.327 e. The van der Waals surface area contributed by atoms with Crippen molar-refractivity contribution in [2.24, 2.45) is 11.7 Å². The summed E-state index contributed by atoms with van der Waals surface area (Å²) in [4.78, 5) is 0. The molecule has 4 rings (SSSR count). The summed E-state index contributed by atoms with van der Waals surface area (Å²) in [5.74, 6) is 0.563. The van der Waals surface area contributed by atoms with E-state index in [2.05, 4.69) is 0 Å². The highest BCUT2D eigenvalue weighted by atomic mass is 19.1. The molecule has 0 aliphatic heterocycles. The number of fused-ring (bicyclic) bond motifs is 1. The van der Waals surface area contributed by atoms with Crippen molar-refractivity contribution in [2.45, 2.75) is 30.7 Å². The number of hydrogen-bond acceptors (Lipinski definition) is 1. The third-order valence-electron chi connectivity index (χ3n) is 4.15. The molecule has 2 heteroatoms. The minimum atomic E-state index is -0.160. The van der Waals surface area contributed by atoms with Crippen molar-refractivity contribution in [3.05, 3.63) is 35.6 Å². The molecule has 1 nitrogen and oxygen atoms in total. The number of halogens is 1. The van der Waals surface area contributed by atoms with E-state index in [1.54, 1.807) is 12.1 Å². The van der Waals surface area contributed by atoms with Gasteiger partial charge < -0.3 is 5.73 Å². The maximum absolute atomic E-state index is 12.8. The normalized spacial score (nSPS) is 39.6. The molecule has 1 aromatic carbocycles. The maximum Gasteiger partial charge on any atom is 0.123 e. The smallest absolute Gasteiger partial charge is 0.123 e. The summed E-state index contributed by atoms with van der Waals surface area (Å²) < 4.78 is 12.8. The molecule has 3 aliphatic rings. The van der Waals surface area contributed by atoms with Crippen molar-refractivity contribution in [2.75, 3.05) is 0 Å². The van der Waals surface area contributed by atoms with Crippen LogP contribution in [0.25, 0.3) is 0 Å². The van der Waals surface area contributed by atoms with Crippen molar-refractivity contribution < 1.29 is 4.39 Å². The topological polar surface area (TPSA) is 26.0 Å². The van der Waals surface area contributed by atoms with Crippen LogP contribution in [0.3, 0.4) is 0 Å². The van der Waals surface area contributed by atoms with Gasteiger partial charge in [0.15, 0.2) is 0 Å². The lowest BCUT2D eigenvalue weighted by Crippen LogP contribution is -2.54. The van der Waals surface area contributed by atoms with Gasteiger partial charge in [0.25, 0.3) is 0 Å². The van der Waals surface area contributed by atoms with Gasteiger partial charge in [-0.3, -0.25) is 0 Å². The highest BCUT2D eigenvalue weighted by Gasteiger charge is 2.57. The van der Waals surface area contributed by atoms with Crippen LogP contribution < -0.4 is 5.73 Å². The van der Waals surface area contributed by atoms with E-state index in [4.69, 9.17) is 5.73 Å². The summed E-state index contributed by atoms with van der Waals surface area (Å²) >= 11 is 0. The molecule has 3 saturated carbocycles. The first-order chi connectivity index (χ1) is 6.72. The second-order valence-corrected chi connectivity index (χ2v) is 4.69. The number of nitrogens with two attached hydrogens (primary N) is 1. The zero-order valence-corrected chi connectivity index (χ0v) is 8.04. The molecule has 0 aromatic heterocycles. The van der Waals surface area contributed by atoms with Crippen molar-refractivity contribution in [1.29, 1.82) is 0 Å². The Bertz CT molecular complexity index is 355. The molecule has 0 spiro atoms. The van der Waals surface area contributed by atoms with Gasteiger partial charge >= 0.3 is 0 Å². The summed E-state index contributed by atoms with van der Waals surface area (Å²) in [6.07, 6.45) is 3.64. The summed E-state index contributed by atoms with van der Waals surface area (Å²) in [5, 5.41) is 0. The van der Waals surface area contributed by atoms with Gasteiger partial charge in [0, 0.05) is 11.5 Å². The van der Waals surface area contributed by atoms with Crippen LogP contribution in [-0.4, -0.2) is 6.04 Å². The fourth-order valence-electron chi connectivity index (χ4n) is 3.25. The minimum absolute atomic E-state index is 0.160. The fourth-order valence-corrected chi connectivity index (χ4v) is 3.25. The number of rotatable bonds is 1. The van der Waals surface area contributed by atoms with Gasteiger partial charge in [0.2, 0.25) is 0 Å². The molecule has 74 valence electrons. The maximum atomic E-state index is 12.8. The number of hydrogen-bond donors (Lipinski definition) is 1. The summed E-state index contributed by atoms with van der Waals surface area (Å²) in [7, 11) is 0. The van der Waals surface area contributed by atoms with Gasteiger partial charge in [-0.2, -0.15) is 0 Å². The molecule has 1 aromatic rings. The molecule has 0 radical (unpaired) electrons. The first-order valence-corrected chi connectivity index (χ1v) is 5.24. The Hall–Kier alpha value is -0.890. The zero-order chi connectivity index (χ0) is 9.76. The Morgan fingerprint density at radius 3 is 2.50 bits per heavy atom. The molecule has 3 fully saturated rings. The summed E-state index contributed by atoms with van der Waals surface area (Å²) in [6.45, 7) is 0.